The van der Waals surface area contributed by atoms with Crippen molar-refractivity contribution in [2.45, 2.75) is 25.9 Å². The predicted molar refractivity (Wildman–Crippen MR) is 121 cm³/mol. The van der Waals surface area contributed by atoms with Gasteiger partial charge in [0, 0.05) is 57.3 Å². The minimum absolute atomic E-state index is 0.287. The number of hydrogen-bond donors (Lipinski definition) is 0. The Morgan fingerprint density at radius 3 is 2.30 bits per heavy atom. The molecule has 2 saturated heterocycles. The topological polar surface area (TPSA) is 44.7 Å². The highest BCUT2D eigenvalue weighted by atomic mass is 16.5. The van der Waals surface area contributed by atoms with E-state index in [4.69, 9.17) is 4.74 Å². The van der Waals surface area contributed by atoms with Crippen molar-refractivity contribution in [1.29, 1.82) is 0 Å². The Balaban J connectivity index is 1.11. The van der Waals surface area contributed by atoms with Crippen LogP contribution in [0.15, 0.2) is 42.7 Å². The summed E-state index contributed by atoms with van der Waals surface area (Å²) < 4.78 is 5.98. The molecule has 2 fully saturated rings. The molecule has 158 valence electrons. The van der Waals surface area contributed by atoms with Crippen LogP contribution in [0.2, 0.25) is 0 Å². The molecule has 6 heteroatoms. The molecule has 0 radical (unpaired) electrons. The van der Waals surface area contributed by atoms with Crippen molar-refractivity contribution in [2.75, 3.05) is 62.2 Å². The zero-order valence-corrected chi connectivity index (χ0v) is 17.8. The second kappa shape index (κ2) is 10.4. The van der Waals surface area contributed by atoms with Crippen molar-refractivity contribution < 1.29 is 4.74 Å². The Hall–Kier alpha value is -2.62. The van der Waals surface area contributed by atoms with Gasteiger partial charge in [-0.2, -0.15) is 0 Å². The molecular formula is C24H31N5O. The third kappa shape index (κ3) is 5.71. The Labute approximate surface area is 179 Å². The van der Waals surface area contributed by atoms with Crippen LogP contribution >= 0.6 is 0 Å². The summed E-state index contributed by atoms with van der Waals surface area (Å²) in [7, 11) is 0. The van der Waals surface area contributed by atoms with E-state index in [0.717, 1.165) is 70.2 Å². The molecule has 0 atom stereocenters. The molecule has 6 nitrogen and oxygen atoms in total. The molecular weight excluding hydrogens is 374 g/mol. The number of piperazine rings is 1. The fraction of sp³-hybridized carbons (Fsp3) is 0.500. The maximum absolute atomic E-state index is 5.98. The van der Waals surface area contributed by atoms with Crippen LogP contribution in [0.1, 0.15) is 18.4 Å². The maximum Gasteiger partial charge on any atom is 0.225 e. The lowest BCUT2D eigenvalue weighted by Gasteiger charge is -2.35. The van der Waals surface area contributed by atoms with Crippen molar-refractivity contribution >= 4 is 11.6 Å². The van der Waals surface area contributed by atoms with Crippen LogP contribution < -0.4 is 9.80 Å². The average molecular weight is 406 g/mol. The summed E-state index contributed by atoms with van der Waals surface area (Å²) in [4.78, 5) is 16.0. The zero-order valence-electron chi connectivity index (χ0n) is 17.8. The van der Waals surface area contributed by atoms with E-state index in [1.807, 2.05) is 19.3 Å². The molecule has 1 aromatic carbocycles. The Kier molecular flexibility index (Phi) is 7.17. The van der Waals surface area contributed by atoms with Crippen LogP contribution in [0.3, 0.4) is 0 Å². The zero-order chi connectivity index (χ0) is 20.6. The van der Waals surface area contributed by atoms with Gasteiger partial charge in [0.05, 0.1) is 12.6 Å². The average Bonchev–Trinajstić information content (AvgIpc) is 2.81. The lowest BCUT2D eigenvalue weighted by molar-refractivity contribution is 0.0592. The van der Waals surface area contributed by atoms with Gasteiger partial charge in [0.25, 0.3) is 0 Å². The minimum Gasteiger partial charge on any atom is -0.369 e. The van der Waals surface area contributed by atoms with Crippen molar-refractivity contribution in [3.63, 3.8) is 0 Å². The fourth-order valence-corrected chi connectivity index (χ4v) is 3.95. The fourth-order valence-electron chi connectivity index (χ4n) is 3.95. The molecule has 0 unspecified atom stereocenters. The number of aryl methyl sites for hydroxylation is 1. The van der Waals surface area contributed by atoms with Gasteiger partial charge >= 0.3 is 0 Å². The second-order valence-electron chi connectivity index (χ2n) is 8.01. The van der Waals surface area contributed by atoms with Crippen LogP contribution in [0.5, 0.6) is 0 Å². The van der Waals surface area contributed by atoms with Gasteiger partial charge in [-0.1, -0.05) is 30.0 Å². The summed E-state index contributed by atoms with van der Waals surface area (Å²) in [6.45, 7) is 9.48. The van der Waals surface area contributed by atoms with E-state index in [-0.39, 0.29) is 6.10 Å². The molecule has 0 spiro atoms. The number of ether oxygens (including phenoxy) is 1. The maximum atomic E-state index is 5.98. The third-order valence-corrected chi connectivity index (χ3v) is 5.80. The van der Waals surface area contributed by atoms with E-state index in [9.17, 15) is 0 Å². The molecule has 3 heterocycles. The summed E-state index contributed by atoms with van der Waals surface area (Å²) in [5.41, 5.74) is 2.41. The van der Waals surface area contributed by atoms with Crippen LogP contribution in [-0.2, 0) is 4.74 Å². The normalized spacial score (nSPS) is 18.2. The van der Waals surface area contributed by atoms with Crippen molar-refractivity contribution in [3.05, 3.63) is 48.3 Å². The predicted octanol–water partition coefficient (Wildman–Crippen LogP) is 2.60. The second-order valence-corrected chi connectivity index (χ2v) is 8.01. The van der Waals surface area contributed by atoms with E-state index in [1.54, 1.807) is 0 Å². The van der Waals surface area contributed by atoms with Gasteiger partial charge in [0.15, 0.2) is 0 Å². The lowest BCUT2D eigenvalue weighted by Crippen LogP contribution is -2.46. The first-order valence-corrected chi connectivity index (χ1v) is 10.9. The summed E-state index contributed by atoms with van der Waals surface area (Å²) in [5, 5.41) is 0. The summed E-state index contributed by atoms with van der Waals surface area (Å²) in [6.07, 6.45) is 6.04. The van der Waals surface area contributed by atoms with E-state index in [2.05, 4.69) is 66.8 Å². The van der Waals surface area contributed by atoms with Crippen molar-refractivity contribution in [2.24, 2.45) is 0 Å². The number of para-hydroxylation sites is 1. The molecule has 0 amide bonds. The first kappa shape index (κ1) is 20.6. The van der Waals surface area contributed by atoms with Gasteiger partial charge in [-0.05, 0) is 37.5 Å². The van der Waals surface area contributed by atoms with Gasteiger partial charge < -0.3 is 14.5 Å². The molecule has 0 bridgehead atoms. The number of rotatable bonds is 5. The number of piperidine rings is 1. The van der Waals surface area contributed by atoms with Gasteiger partial charge in [-0.15, -0.1) is 0 Å². The molecule has 2 aromatic rings. The van der Waals surface area contributed by atoms with Crippen molar-refractivity contribution in [1.82, 2.24) is 14.9 Å². The first-order chi connectivity index (χ1) is 14.8. The van der Waals surface area contributed by atoms with Crippen LogP contribution in [0.25, 0.3) is 0 Å². The van der Waals surface area contributed by atoms with Gasteiger partial charge in [-0.25, -0.2) is 9.97 Å². The van der Waals surface area contributed by atoms with Crippen LogP contribution in [0.4, 0.5) is 11.6 Å². The highest BCUT2D eigenvalue weighted by Gasteiger charge is 2.21. The van der Waals surface area contributed by atoms with Crippen molar-refractivity contribution in [3.8, 4) is 11.8 Å². The number of nitrogens with zero attached hydrogens (tertiary/aromatic N) is 5. The molecule has 0 aliphatic carbocycles. The summed E-state index contributed by atoms with van der Waals surface area (Å²) in [6, 6.07) is 10.6. The molecule has 4 rings (SSSR count). The standard InChI is InChI=1S/C24H31N5O/c1-21-19-25-24(26-20-21)29-12-9-23(10-13-29)30-18-6-5-11-27-14-16-28(17-15-27)22-7-3-2-4-8-22/h2-4,7-8,19-20,23H,9-18H2,1H3. The van der Waals surface area contributed by atoms with Crippen LogP contribution in [0, 0.1) is 18.8 Å². The van der Waals surface area contributed by atoms with E-state index < -0.39 is 0 Å². The van der Waals surface area contributed by atoms with E-state index >= 15 is 0 Å². The molecule has 2 aliphatic rings. The Morgan fingerprint density at radius 2 is 1.60 bits per heavy atom. The van der Waals surface area contributed by atoms with E-state index in [0.29, 0.717) is 6.61 Å². The highest BCUT2D eigenvalue weighted by Crippen LogP contribution is 2.18. The Morgan fingerprint density at radius 1 is 0.900 bits per heavy atom. The van der Waals surface area contributed by atoms with Gasteiger partial charge in [0.2, 0.25) is 5.95 Å². The third-order valence-electron chi connectivity index (χ3n) is 5.80. The summed E-state index contributed by atoms with van der Waals surface area (Å²) in [5.74, 6) is 7.32. The largest absolute Gasteiger partial charge is 0.369 e. The van der Waals surface area contributed by atoms with E-state index in [1.165, 1.54) is 5.69 Å². The SMILES string of the molecule is Cc1cnc(N2CCC(OCC#CCN3CCN(c4ccccc4)CC3)CC2)nc1. The Bertz CT molecular complexity index is 829. The van der Waals surface area contributed by atoms with Gasteiger partial charge in [-0.3, -0.25) is 4.90 Å². The molecule has 2 aliphatic heterocycles. The molecule has 0 N–H and O–H groups in total. The smallest absolute Gasteiger partial charge is 0.225 e. The monoisotopic (exact) mass is 405 g/mol. The minimum atomic E-state index is 0.287. The number of benzene rings is 1. The number of hydrogen-bond acceptors (Lipinski definition) is 6. The first-order valence-electron chi connectivity index (χ1n) is 10.9. The molecule has 1 aromatic heterocycles. The number of anilines is 2. The number of aromatic nitrogens is 2. The van der Waals surface area contributed by atoms with Gasteiger partial charge in [0.1, 0.15) is 6.61 Å². The lowest BCUT2D eigenvalue weighted by atomic mass is 10.1. The molecule has 0 saturated carbocycles. The molecule has 30 heavy (non-hydrogen) atoms. The highest BCUT2D eigenvalue weighted by molar-refractivity contribution is 5.46. The quantitative estimate of drug-likeness (QED) is 0.713. The van der Waals surface area contributed by atoms with Crippen LogP contribution in [-0.4, -0.2) is 73.4 Å². The summed E-state index contributed by atoms with van der Waals surface area (Å²) >= 11 is 0.